The van der Waals surface area contributed by atoms with E-state index in [0.717, 1.165) is 36.2 Å². The van der Waals surface area contributed by atoms with Gasteiger partial charge in [-0.3, -0.25) is 10.1 Å². The Kier molecular flexibility index (Phi) is 6.37. The fraction of sp³-hybridized carbons (Fsp3) is 0.412. The molecule has 3 N–H and O–H groups in total. The van der Waals surface area contributed by atoms with E-state index in [0.29, 0.717) is 24.6 Å². The first-order valence-corrected chi connectivity index (χ1v) is 9.43. The van der Waals surface area contributed by atoms with Gasteiger partial charge in [-0.2, -0.15) is 5.10 Å². The van der Waals surface area contributed by atoms with Crippen LogP contribution in [0.3, 0.4) is 0 Å². The summed E-state index contributed by atoms with van der Waals surface area (Å²) in [6.07, 6.45) is 6.21. The first-order valence-electron chi connectivity index (χ1n) is 8.61. The number of hydrogen-bond donors (Lipinski definition) is 3. The van der Waals surface area contributed by atoms with Crippen LogP contribution in [0.4, 0.5) is 0 Å². The van der Waals surface area contributed by atoms with Gasteiger partial charge in [-0.1, -0.05) is 6.92 Å². The van der Waals surface area contributed by atoms with Gasteiger partial charge in [0.05, 0.1) is 11.3 Å². The molecular formula is C17H23N7OS. The molecule has 3 rings (SSSR count). The lowest BCUT2D eigenvalue weighted by atomic mass is 10.4. The number of H-pyrrole nitrogens is 1. The second kappa shape index (κ2) is 9.14. The average molecular weight is 373 g/mol. The zero-order chi connectivity index (χ0) is 18.2. The topological polar surface area (TPSA) is 104 Å². The monoisotopic (exact) mass is 373 g/mol. The van der Waals surface area contributed by atoms with Crippen molar-refractivity contribution in [1.82, 2.24) is 30.8 Å². The van der Waals surface area contributed by atoms with Crippen molar-refractivity contribution < 1.29 is 4.42 Å². The highest BCUT2D eigenvalue weighted by Gasteiger charge is 2.08. The van der Waals surface area contributed by atoms with Crippen molar-refractivity contribution in [2.24, 2.45) is 4.99 Å². The van der Waals surface area contributed by atoms with Crippen LogP contribution in [0.1, 0.15) is 22.6 Å². The Morgan fingerprint density at radius 1 is 1.31 bits per heavy atom. The number of guanidine groups is 1. The molecule has 0 radical (unpaired) electrons. The molecule has 0 aliphatic rings. The Hall–Kier alpha value is -2.68. The van der Waals surface area contributed by atoms with Gasteiger partial charge in [-0.05, 0) is 18.6 Å². The number of aliphatic imine (C=N–C) groups is 1. The van der Waals surface area contributed by atoms with Gasteiger partial charge in [0.1, 0.15) is 5.82 Å². The third-order valence-corrected chi connectivity index (χ3v) is 4.93. The van der Waals surface area contributed by atoms with Crippen molar-refractivity contribution in [2.75, 3.05) is 20.1 Å². The van der Waals surface area contributed by atoms with Crippen LogP contribution in [0, 0.1) is 0 Å². The van der Waals surface area contributed by atoms with Crippen molar-refractivity contribution in [3.8, 4) is 11.6 Å². The molecule has 0 fully saturated rings. The second-order valence-corrected chi connectivity index (χ2v) is 6.78. The molecule has 0 atom stereocenters. The molecule has 0 saturated heterocycles. The van der Waals surface area contributed by atoms with Crippen LogP contribution >= 0.6 is 11.3 Å². The highest BCUT2D eigenvalue weighted by atomic mass is 32.1. The molecule has 3 aromatic heterocycles. The van der Waals surface area contributed by atoms with E-state index in [2.05, 4.69) is 42.7 Å². The Morgan fingerprint density at radius 3 is 2.85 bits per heavy atom. The minimum atomic E-state index is 0.572. The maximum atomic E-state index is 5.29. The normalized spacial score (nSPS) is 11.7. The van der Waals surface area contributed by atoms with Crippen molar-refractivity contribution in [3.63, 3.8) is 0 Å². The summed E-state index contributed by atoms with van der Waals surface area (Å²) in [5.74, 6) is 2.80. The van der Waals surface area contributed by atoms with Crippen LogP contribution in [-0.2, 0) is 19.3 Å². The van der Waals surface area contributed by atoms with Gasteiger partial charge in [0.25, 0.3) is 0 Å². The van der Waals surface area contributed by atoms with Gasteiger partial charge >= 0.3 is 0 Å². The average Bonchev–Trinajstić information content (AvgIpc) is 3.40. The minimum absolute atomic E-state index is 0.572. The van der Waals surface area contributed by atoms with E-state index in [1.807, 2.05) is 18.3 Å². The van der Waals surface area contributed by atoms with Crippen LogP contribution in [0.25, 0.3) is 11.6 Å². The Bertz CT molecular complexity index is 822. The first kappa shape index (κ1) is 18.1. The highest BCUT2D eigenvalue weighted by molar-refractivity contribution is 7.11. The number of hydrogen-bond acceptors (Lipinski definition) is 6. The lowest BCUT2D eigenvalue weighted by Gasteiger charge is -2.10. The van der Waals surface area contributed by atoms with Crippen molar-refractivity contribution >= 4 is 17.3 Å². The number of aryl methyl sites for hydroxylation is 1. The predicted octanol–water partition coefficient (Wildman–Crippen LogP) is 2.03. The SMILES string of the molecule is CCc1cnc(CCNC(=NC)NCCc2nc(-c3ccco3)n[nH]2)s1. The van der Waals surface area contributed by atoms with Gasteiger partial charge < -0.3 is 15.1 Å². The minimum Gasteiger partial charge on any atom is -0.461 e. The molecule has 138 valence electrons. The van der Waals surface area contributed by atoms with E-state index in [1.165, 1.54) is 4.88 Å². The van der Waals surface area contributed by atoms with E-state index >= 15 is 0 Å². The maximum absolute atomic E-state index is 5.29. The number of aromatic nitrogens is 4. The van der Waals surface area contributed by atoms with Crippen molar-refractivity contribution in [1.29, 1.82) is 0 Å². The third kappa shape index (κ3) is 4.92. The predicted molar refractivity (Wildman–Crippen MR) is 102 cm³/mol. The third-order valence-electron chi connectivity index (χ3n) is 3.73. The standard InChI is InChI=1S/C17H23N7OS/c1-3-12-11-21-15(26-12)7-9-20-17(18-2)19-8-6-14-22-16(24-23-14)13-5-4-10-25-13/h4-5,10-11H,3,6-9H2,1-2H3,(H2,18,19,20)(H,22,23,24). The molecule has 3 aromatic rings. The number of nitrogens with zero attached hydrogens (tertiary/aromatic N) is 4. The molecule has 0 amide bonds. The summed E-state index contributed by atoms with van der Waals surface area (Å²) in [5.41, 5.74) is 0. The van der Waals surface area contributed by atoms with Gasteiger partial charge in [-0.15, -0.1) is 11.3 Å². The molecule has 0 unspecified atom stereocenters. The van der Waals surface area contributed by atoms with Crippen LogP contribution in [0.2, 0.25) is 0 Å². The molecule has 0 spiro atoms. The number of thiazole rings is 1. The summed E-state index contributed by atoms with van der Waals surface area (Å²) >= 11 is 1.77. The summed E-state index contributed by atoms with van der Waals surface area (Å²) < 4.78 is 5.29. The number of rotatable bonds is 8. The number of nitrogens with one attached hydrogen (secondary N) is 3. The molecule has 9 heteroatoms. The van der Waals surface area contributed by atoms with Crippen molar-refractivity contribution in [3.05, 3.63) is 40.3 Å². The van der Waals surface area contributed by atoms with Gasteiger partial charge in [0, 0.05) is 44.1 Å². The lowest BCUT2D eigenvalue weighted by Crippen LogP contribution is -2.39. The molecule has 0 saturated carbocycles. The van der Waals surface area contributed by atoms with Crippen LogP contribution in [0.15, 0.2) is 34.0 Å². The summed E-state index contributed by atoms with van der Waals surface area (Å²) in [6.45, 7) is 3.64. The Morgan fingerprint density at radius 2 is 2.15 bits per heavy atom. The summed E-state index contributed by atoms with van der Waals surface area (Å²) in [5, 5.41) is 14.8. The number of furan rings is 1. The molecular weight excluding hydrogens is 350 g/mol. The maximum Gasteiger partial charge on any atom is 0.216 e. The van der Waals surface area contributed by atoms with E-state index in [1.54, 1.807) is 24.6 Å². The van der Waals surface area contributed by atoms with Gasteiger partial charge in [0.2, 0.25) is 5.82 Å². The molecule has 3 heterocycles. The number of aromatic amines is 1. The summed E-state index contributed by atoms with van der Waals surface area (Å²) in [4.78, 5) is 14.4. The first-order chi connectivity index (χ1) is 12.8. The van der Waals surface area contributed by atoms with E-state index in [4.69, 9.17) is 4.42 Å². The van der Waals surface area contributed by atoms with E-state index < -0.39 is 0 Å². The molecule has 0 aliphatic heterocycles. The Balaban J connectivity index is 1.39. The smallest absolute Gasteiger partial charge is 0.216 e. The highest BCUT2D eigenvalue weighted by Crippen LogP contribution is 2.14. The molecule has 0 aromatic carbocycles. The lowest BCUT2D eigenvalue weighted by molar-refractivity contribution is 0.577. The van der Waals surface area contributed by atoms with Crippen molar-refractivity contribution in [2.45, 2.75) is 26.2 Å². The van der Waals surface area contributed by atoms with E-state index in [-0.39, 0.29) is 0 Å². The zero-order valence-electron chi connectivity index (χ0n) is 15.0. The molecule has 0 bridgehead atoms. The molecule has 26 heavy (non-hydrogen) atoms. The summed E-state index contributed by atoms with van der Waals surface area (Å²) in [7, 11) is 1.76. The quantitative estimate of drug-likeness (QED) is 0.412. The molecule has 0 aliphatic carbocycles. The Labute approximate surface area is 156 Å². The zero-order valence-corrected chi connectivity index (χ0v) is 15.8. The second-order valence-electron chi connectivity index (χ2n) is 5.58. The van der Waals surface area contributed by atoms with Gasteiger partial charge in [0.15, 0.2) is 11.7 Å². The van der Waals surface area contributed by atoms with Crippen LogP contribution < -0.4 is 10.6 Å². The van der Waals surface area contributed by atoms with Gasteiger partial charge in [-0.25, -0.2) is 9.97 Å². The van der Waals surface area contributed by atoms with E-state index in [9.17, 15) is 0 Å². The summed E-state index contributed by atoms with van der Waals surface area (Å²) in [6, 6.07) is 3.65. The fourth-order valence-corrected chi connectivity index (χ4v) is 3.22. The van der Waals surface area contributed by atoms with Crippen LogP contribution in [-0.4, -0.2) is 46.3 Å². The fourth-order valence-electron chi connectivity index (χ4n) is 2.36. The van der Waals surface area contributed by atoms with Crippen LogP contribution in [0.5, 0.6) is 0 Å². The largest absolute Gasteiger partial charge is 0.461 e. The molecule has 8 nitrogen and oxygen atoms in total.